The van der Waals surface area contributed by atoms with Crippen LogP contribution in [-0.4, -0.2) is 19.6 Å². The van der Waals surface area contributed by atoms with Gasteiger partial charge in [-0.3, -0.25) is 0 Å². The Kier molecular flexibility index (Phi) is 6.26. The first-order valence-electron chi connectivity index (χ1n) is 1.53. The van der Waals surface area contributed by atoms with E-state index in [1.165, 1.54) is 0 Å². The van der Waals surface area contributed by atoms with Crippen molar-refractivity contribution in [2.45, 2.75) is 0 Å². The Bertz CT molecular complexity index is 152. The second kappa shape index (κ2) is 4.47. The minimum Gasteiger partial charge on any atom is -0.302 e. The van der Waals surface area contributed by atoms with Crippen molar-refractivity contribution in [2.24, 2.45) is 0 Å². The van der Waals surface area contributed by atoms with E-state index < -0.39 is 15.6 Å². The molecule has 0 bridgehead atoms. The Labute approximate surface area is 83.9 Å². The topological polar surface area (TPSA) is 124 Å². The summed E-state index contributed by atoms with van der Waals surface area (Å²) in [7, 11) is -10.1. The minimum absolute atomic E-state index is 0. The van der Waals surface area contributed by atoms with Crippen molar-refractivity contribution in [3.8, 4) is 0 Å². The van der Waals surface area contributed by atoms with Gasteiger partial charge in [-0.05, 0) is 0 Å². The molecule has 0 aromatic carbocycles. The molecule has 0 fully saturated rings. The summed E-state index contributed by atoms with van der Waals surface area (Å²) in [6, 6.07) is 0. The molecule has 0 atom stereocenters. The minimum atomic E-state index is -5.05. The van der Waals surface area contributed by atoms with Crippen LogP contribution in [0.2, 0.25) is 0 Å². The number of hydrogen-bond donors (Lipinski definition) is 4. The van der Waals surface area contributed by atoms with Crippen LogP contribution in [0.15, 0.2) is 0 Å². The molecule has 0 amide bonds. The zero-order valence-electron chi connectivity index (χ0n) is 4.49. The second-order valence-corrected chi connectivity index (χ2v) is 3.68. The monoisotopic (exact) mass is 317 g/mol. The molecule has 10 heteroatoms. The van der Waals surface area contributed by atoms with Gasteiger partial charge in [0.05, 0.1) is 0 Å². The number of rotatable bonds is 2. The van der Waals surface area contributed by atoms with Crippen LogP contribution in [0.5, 0.6) is 0 Å². The van der Waals surface area contributed by atoms with E-state index in [0.717, 1.165) is 0 Å². The molecule has 0 heterocycles. The SMILES string of the molecule is O=P(O)(O)OP(=O)(O)O.[La]. The molecule has 0 aromatic rings. The third-order valence-electron chi connectivity index (χ3n) is 0.213. The van der Waals surface area contributed by atoms with Crippen molar-refractivity contribution in [2.75, 3.05) is 0 Å². The van der Waals surface area contributed by atoms with Crippen molar-refractivity contribution in [3.05, 3.63) is 0 Å². The van der Waals surface area contributed by atoms with Crippen molar-refractivity contribution in [3.63, 3.8) is 0 Å². The average molecular weight is 317 g/mol. The molecule has 0 aromatic heterocycles. The van der Waals surface area contributed by atoms with Crippen molar-refractivity contribution in [1.82, 2.24) is 0 Å². The summed E-state index contributed by atoms with van der Waals surface area (Å²) in [6.45, 7) is 0. The van der Waals surface area contributed by atoms with E-state index in [9.17, 15) is 9.13 Å². The molecule has 0 aliphatic heterocycles. The van der Waals surface area contributed by atoms with Crippen LogP contribution in [0.3, 0.4) is 0 Å². The maximum atomic E-state index is 9.63. The zero-order valence-corrected chi connectivity index (χ0v) is 9.90. The molecule has 4 N–H and O–H groups in total. The van der Waals surface area contributed by atoms with Gasteiger partial charge < -0.3 is 19.6 Å². The molecule has 0 aliphatic rings. The third kappa shape index (κ3) is 12.2. The number of phosphoric acid groups is 2. The Morgan fingerprint density at radius 2 is 1.10 bits per heavy atom. The summed E-state index contributed by atoms with van der Waals surface area (Å²) >= 11 is 0. The van der Waals surface area contributed by atoms with E-state index in [0.29, 0.717) is 0 Å². The molecule has 1 radical (unpaired) electrons. The van der Waals surface area contributed by atoms with E-state index in [-0.39, 0.29) is 35.6 Å². The van der Waals surface area contributed by atoms with Gasteiger partial charge >= 0.3 is 15.6 Å². The summed E-state index contributed by atoms with van der Waals surface area (Å²) in [4.78, 5) is 31.0. The smallest absolute Gasteiger partial charge is 0.302 e. The molecule has 7 nitrogen and oxygen atoms in total. The normalized spacial score (nSPS) is 12.4. The van der Waals surface area contributed by atoms with E-state index in [4.69, 9.17) is 19.6 Å². The van der Waals surface area contributed by atoms with E-state index in [1.807, 2.05) is 0 Å². The predicted molar refractivity (Wildman–Crippen MR) is 25.2 cm³/mol. The molecule has 0 spiro atoms. The fourth-order valence-corrected chi connectivity index (χ4v) is 1.25. The quantitative estimate of drug-likeness (QED) is 0.491. The van der Waals surface area contributed by atoms with Gasteiger partial charge in [-0.2, -0.15) is 4.31 Å². The van der Waals surface area contributed by atoms with Gasteiger partial charge in [-0.15, -0.1) is 0 Å². The van der Waals surface area contributed by atoms with Gasteiger partial charge in [0, 0.05) is 35.6 Å². The van der Waals surface area contributed by atoms with Crippen LogP contribution >= 0.6 is 15.6 Å². The van der Waals surface area contributed by atoms with Crippen LogP contribution in [0.25, 0.3) is 0 Å². The summed E-state index contributed by atoms with van der Waals surface area (Å²) < 4.78 is 22.2. The van der Waals surface area contributed by atoms with Crippen molar-refractivity contribution in [1.29, 1.82) is 0 Å². The van der Waals surface area contributed by atoms with Crippen LogP contribution in [-0.2, 0) is 13.4 Å². The molecular weight excluding hydrogens is 313 g/mol. The molecule has 0 saturated carbocycles. The second-order valence-electron chi connectivity index (χ2n) is 1.06. The van der Waals surface area contributed by atoms with Crippen LogP contribution in [0.1, 0.15) is 0 Å². The fraction of sp³-hybridized carbons (Fsp3) is 0. The van der Waals surface area contributed by atoms with Crippen molar-refractivity contribution >= 4 is 15.6 Å². The van der Waals surface area contributed by atoms with Gasteiger partial charge in [0.25, 0.3) is 0 Å². The molecule has 10 heavy (non-hydrogen) atoms. The largest absolute Gasteiger partial charge is 0.478 e. The summed E-state index contributed by atoms with van der Waals surface area (Å²) in [5.41, 5.74) is 0. The van der Waals surface area contributed by atoms with E-state index in [1.54, 1.807) is 0 Å². The Morgan fingerprint density at radius 3 is 1.10 bits per heavy atom. The van der Waals surface area contributed by atoms with Gasteiger partial charge in [-0.1, -0.05) is 0 Å². The molecule has 59 valence electrons. The average Bonchev–Trinajstić information content (AvgIpc) is 1.14. The molecule has 0 aliphatic carbocycles. The number of hydrogen-bond acceptors (Lipinski definition) is 3. The summed E-state index contributed by atoms with van der Waals surface area (Å²) in [6.07, 6.45) is 0. The standard InChI is InChI=1S/La.H4O7P2/c;1-8(2,3)7-9(4,5)6/h;(H2,1,2,3)(H2,4,5,6). The summed E-state index contributed by atoms with van der Waals surface area (Å²) in [5, 5.41) is 0. The third-order valence-corrected chi connectivity index (χ3v) is 1.91. The van der Waals surface area contributed by atoms with Crippen LogP contribution in [0, 0.1) is 35.6 Å². The maximum Gasteiger partial charge on any atom is 0.478 e. The molecule has 0 rings (SSSR count). The van der Waals surface area contributed by atoms with Gasteiger partial charge in [0.2, 0.25) is 0 Å². The van der Waals surface area contributed by atoms with Crippen LogP contribution < -0.4 is 0 Å². The first-order chi connectivity index (χ1) is 3.71. The zero-order chi connectivity index (χ0) is 7.71. The predicted octanol–water partition coefficient (Wildman–Crippen LogP) is -0.812. The Balaban J connectivity index is 0. The van der Waals surface area contributed by atoms with Crippen molar-refractivity contribution < 1.29 is 68.6 Å². The molecule has 0 saturated heterocycles. The van der Waals surface area contributed by atoms with E-state index in [2.05, 4.69) is 4.31 Å². The van der Waals surface area contributed by atoms with Gasteiger partial charge in [-0.25, -0.2) is 9.13 Å². The first-order valence-corrected chi connectivity index (χ1v) is 4.59. The Morgan fingerprint density at radius 1 is 0.900 bits per heavy atom. The summed E-state index contributed by atoms with van der Waals surface area (Å²) in [5.74, 6) is 0. The van der Waals surface area contributed by atoms with E-state index >= 15 is 0 Å². The maximum absolute atomic E-state index is 9.63. The molecular formula is H4LaO7P2. The fourth-order valence-electron chi connectivity index (χ4n) is 0.139. The Hall–Kier alpha value is 1.45. The van der Waals surface area contributed by atoms with Gasteiger partial charge in [0.1, 0.15) is 0 Å². The first kappa shape index (κ1) is 14.0. The van der Waals surface area contributed by atoms with Crippen LogP contribution in [0.4, 0.5) is 0 Å². The van der Waals surface area contributed by atoms with Gasteiger partial charge in [0.15, 0.2) is 0 Å². The molecule has 0 unspecified atom stereocenters.